The lowest BCUT2D eigenvalue weighted by molar-refractivity contribution is -0.326. The lowest BCUT2D eigenvalue weighted by atomic mass is 9.89. The van der Waals surface area contributed by atoms with Gasteiger partial charge in [0, 0.05) is 6.42 Å². The molecule has 0 N–H and O–H groups in total. The number of hydrogen-bond donors (Lipinski definition) is 0. The van der Waals surface area contributed by atoms with Crippen LogP contribution in [0, 0.1) is 11.3 Å². The Kier molecular flexibility index (Phi) is 9.19. The Hall–Kier alpha value is -0.570. The second kappa shape index (κ2) is 9.45. The molecular formula is C18H36O3. The minimum Gasteiger partial charge on any atom is -0.298 e. The highest BCUT2D eigenvalue weighted by Crippen LogP contribution is 2.23. The van der Waals surface area contributed by atoms with Crippen molar-refractivity contribution in [2.24, 2.45) is 11.3 Å². The van der Waals surface area contributed by atoms with Crippen molar-refractivity contribution in [1.29, 1.82) is 0 Å². The zero-order valence-corrected chi connectivity index (χ0v) is 15.3. The normalized spacial score (nSPS) is 12.8. The van der Waals surface area contributed by atoms with Crippen molar-refractivity contribution in [2.45, 2.75) is 99.0 Å². The Morgan fingerprint density at radius 2 is 1.57 bits per heavy atom. The van der Waals surface area contributed by atoms with Crippen LogP contribution in [0.15, 0.2) is 0 Å². The standard InChI is InChI=1S/C18H36O3/c1-15(2)12-14-18(6,7)21-20-16(19)11-9-8-10-13-17(3,4)5/h15H,8-14H2,1-7H3. The summed E-state index contributed by atoms with van der Waals surface area (Å²) in [6.45, 7) is 15.0. The summed E-state index contributed by atoms with van der Waals surface area (Å²) in [5, 5.41) is 0. The van der Waals surface area contributed by atoms with Gasteiger partial charge < -0.3 is 0 Å². The molecule has 0 aliphatic heterocycles. The minimum atomic E-state index is -0.397. The number of unbranched alkanes of at least 4 members (excludes halogenated alkanes) is 2. The Bertz CT molecular complexity index is 287. The first-order valence-corrected chi connectivity index (χ1v) is 8.40. The van der Waals surface area contributed by atoms with E-state index in [0.717, 1.165) is 32.1 Å². The summed E-state index contributed by atoms with van der Waals surface area (Å²) in [5.74, 6) is 0.384. The van der Waals surface area contributed by atoms with Crippen LogP contribution in [0.3, 0.4) is 0 Å². The zero-order chi connectivity index (χ0) is 16.5. The van der Waals surface area contributed by atoms with Crippen molar-refractivity contribution in [2.75, 3.05) is 0 Å². The maximum Gasteiger partial charge on any atom is 0.342 e. The molecule has 0 radical (unpaired) electrons. The average molecular weight is 300 g/mol. The van der Waals surface area contributed by atoms with E-state index in [9.17, 15) is 4.79 Å². The van der Waals surface area contributed by atoms with E-state index in [1.165, 1.54) is 6.42 Å². The van der Waals surface area contributed by atoms with Gasteiger partial charge in [0.05, 0.1) is 0 Å². The molecule has 0 saturated heterocycles. The van der Waals surface area contributed by atoms with Crippen LogP contribution in [0.2, 0.25) is 0 Å². The van der Waals surface area contributed by atoms with Crippen molar-refractivity contribution in [1.82, 2.24) is 0 Å². The quantitative estimate of drug-likeness (QED) is 0.296. The third-order valence-corrected chi connectivity index (χ3v) is 3.49. The van der Waals surface area contributed by atoms with Gasteiger partial charge in [-0.3, -0.25) is 4.89 Å². The molecule has 0 amide bonds. The second-order valence-corrected chi connectivity index (χ2v) is 8.35. The van der Waals surface area contributed by atoms with E-state index < -0.39 is 5.60 Å². The number of carbonyl (C=O) groups is 1. The molecule has 0 rings (SSSR count). The van der Waals surface area contributed by atoms with Crippen LogP contribution in [0.1, 0.15) is 93.4 Å². The molecule has 0 aromatic carbocycles. The maximum atomic E-state index is 11.6. The highest BCUT2D eigenvalue weighted by atomic mass is 17.2. The molecule has 0 aromatic heterocycles. The number of rotatable bonds is 10. The van der Waals surface area contributed by atoms with Crippen LogP contribution in [0.4, 0.5) is 0 Å². The molecule has 0 aliphatic carbocycles. The topological polar surface area (TPSA) is 35.5 Å². The van der Waals surface area contributed by atoms with Gasteiger partial charge in [-0.1, -0.05) is 47.5 Å². The summed E-state index contributed by atoms with van der Waals surface area (Å²) in [7, 11) is 0. The van der Waals surface area contributed by atoms with E-state index in [2.05, 4.69) is 34.6 Å². The van der Waals surface area contributed by atoms with E-state index in [1.54, 1.807) is 0 Å². The van der Waals surface area contributed by atoms with Crippen LogP contribution in [0.5, 0.6) is 0 Å². The lowest BCUT2D eigenvalue weighted by Crippen LogP contribution is -2.26. The van der Waals surface area contributed by atoms with Crippen LogP contribution < -0.4 is 0 Å². The molecule has 0 bridgehead atoms. The monoisotopic (exact) mass is 300 g/mol. The fraction of sp³-hybridized carbons (Fsp3) is 0.944. The van der Waals surface area contributed by atoms with Gasteiger partial charge >= 0.3 is 5.97 Å². The second-order valence-electron chi connectivity index (χ2n) is 8.35. The fourth-order valence-electron chi connectivity index (χ4n) is 1.98. The van der Waals surface area contributed by atoms with Crippen molar-refractivity contribution < 1.29 is 14.6 Å². The largest absolute Gasteiger partial charge is 0.342 e. The first kappa shape index (κ1) is 20.4. The Balaban J connectivity index is 3.70. The molecule has 0 heterocycles. The Morgan fingerprint density at radius 1 is 0.952 bits per heavy atom. The van der Waals surface area contributed by atoms with Gasteiger partial charge in [0.2, 0.25) is 0 Å². The van der Waals surface area contributed by atoms with Crippen molar-refractivity contribution in [3.63, 3.8) is 0 Å². The van der Waals surface area contributed by atoms with Crippen LogP contribution in [-0.4, -0.2) is 11.6 Å². The summed E-state index contributed by atoms with van der Waals surface area (Å²) in [4.78, 5) is 21.9. The fourth-order valence-corrected chi connectivity index (χ4v) is 1.98. The molecular weight excluding hydrogens is 264 g/mol. The average Bonchev–Trinajstić information content (AvgIpc) is 2.32. The molecule has 21 heavy (non-hydrogen) atoms. The Morgan fingerprint density at radius 3 is 2.10 bits per heavy atom. The summed E-state index contributed by atoms with van der Waals surface area (Å²) < 4.78 is 0. The smallest absolute Gasteiger partial charge is 0.298 e. The van der Waals surface area contributed by atoms with E-state index >= 15 is 0 Å². The first-order valence-electron chi connectivity index (χ1n) is 8.40. The molecule has 0 aromatic rings. The third kappa shape index (κ3) is 14.1. The van der Waals surface area contributed by atoms with Crippen LogP contribution in [0.25, 0.3) is 0 Å². The van der Waals surface area contributed by atoms with Gasteiger partial charge in [-0.05, 0) is 50.9 Å². The summed E-state index contributed by atoms with van der Waals surface area (Å²) in [5.41, 5.74) is -0.0176. The van der Waals surface area contributed by atoms with E-state index in [1.807, 2.05) is 13.8 Å². The third-order valence-electron chi connectivity index (χ3n) is 3.49. The van der Waals surface area contributed by atoms with Crippen LogP contribution >= 0.6 is 0 Å². The molecule has 3 heteroatoms. The molecule has 3 nitrogen and oxygen atoms in total. The van der Waals surface area contributed by atoms with Gasteiger partial charge in [-0.2, -0.15) is 4.89 Å². The first-order chi connectivity index (χ1) is 9.52. The predicted octanol–water partition coefficient (Wildman–Crippen LogP) is 5.67. The molecule has 0 fully saturated rings. The number of carbonyl (C=O) groups excluding carboxylic acids is 1. The van der Waals surface area contributed by atoms with Gasteiger partial charge in [0.25, 0.3) is 0 Å². The molecule has 0 unspecified atom stereocenters. The van der Waals surface area contributed by atoms with Crippen molar-refractivity contribution >= 4 is 5.97 Å². The van der Waals surface area contributed by atoms with E-state index in [0.29, 0.717) is 17.8 Å². The van der Waals surface area contributed by atoms with E-state index in [-0.39, 0.29) is 5.97 Å². The highest BCUT2D eigenvalue weighted by molar-refractivity contribution is 5.68. The minimum absolute atomic E-state index is 0.247. The predicted molar refractivity (Wildman–Crippen MR) is 87.9 cm³/mol. The highest BCUT2D eigenvalue weighted by Gasteiger charge is 2.22. The summed E-state index contributed by atoms with van der Waals surface area (Å²) >= 11 is 0. The van der Waals surface area contributed by atoms with Gasteiger partial charge in [-0.25, -0.2) is 4.79 Å². The lowest BCUT2D eigenvalue weighted by Gasteiger charge is -2.23. The van der Waals surface area contributed by atoms with Gasteiger partial charge in [-0.15, -0.1) is 0 Å². The molecule has 0 atom stereocenters. The molecule has 126 valence electrons. The number of hydrogen-bond acceptors (Lipinski definition) is 3. The van der Waals surface area contributed by atoms with E-state index in [4.69, 9.17) is 9.78 Å². The Labute approximate surface area is 131 Å². The molecule has 0 spiro atoms. The zero-order valence-electron chi connectivity index (χ0n) is 15.3. The molecule has 0 saturated carbocycles. The van der Waals surface area contributed by atoms with Gasteiger partial charge in [0.1, 0.15) is 5.60 Å². The van der Waals surface area contributed by atoms with Crippen molar-refractivity contribution in [3.8, 4) is 0 Å². The summed E-state index contributed by atoms with van der Waals surface area (Å²) in [6, 6.07) is 0. The summed E-state index contributed by atoms with van der Waals surface area (Å²) in [6.07, 6.45) is 6.72. The van der Waals surface area contributed by atoms with Crippen molar-refractivity contribution in [3.05, 3.63) is 0 Å². The SMILES string of the molecule is CC(C)CCC(C)(C)OOC(=O)CCCCCC(C)(C)C. The van der Waals surface area contributed by atoms with Crippen LogP contribution in [-0.2, 0) is 14.6 Å². The maximum absolute atomic E-state index is 11.6. The molecule has 0 aliphatic rings. The van der Waals surface area contributed by atoms with Gasteiger partial charge in [0.15, 0.2) is 0 Å².